The summed E-state index contributed by atoms with van der Waals surface area (Å²) in [5, 5.41) is 0. The average molecular weight is 199 g/mol. The fourth-order valence-electron chi connectivity index (χ4n) is 1.49. The zero-order chi connectivity index (χ0) is 10.7. The molecule has 0 aliphatic rings. The van der Waals surface area contributed by atoms with E-state index in [-0.39, 0.29) is 5.82 Å². The van der Waals surface area contributed by atoms with Crippen LogP contribution < -0.4 is 0 Å². The van der Waals surface area contributed by atoms with Crippen molar-refractivity contribution in [2.75, 3.05) is 0 Å². The van der Waals surface area contributed by atoms with E-state index < -0.39 is 0 Å². The quantitative estimate of drug-likeness (QED) is 0.721. The van der Waals surface area contributed by atoms with Crippen molar-refractivity contribution in [3.05, 3.63) is 60.7 Å². The highest BCUT2D eigenvalue weighted by molar-refractivity contribution is 5.74. The number of halogens is 1. The van der Waals surface area contributed by atoms with Gasteiger partial charge in [-0.25, -0.2) is 4.39 Å². The maximum atomic E-state index is 13.5. The number of hydrogen-bond donors (Lipinski definition) is 0. The summed E-state index contributed by atoms with van der Waals surface area (Å²) in [6.07, 6.45) is 5.00. The van der Waals surface area contributed by atoms with Gasteiger partial charge in [-0.1, -0.05) is 30.9 Å². The summed E-state index contributed by atoms with van der Waals surface area (Å²) >= 11 is 0. The van der Waals surface area contributed by atoms with Gasteiger partial charge in [0.05, 0.1) is 0 Å². The second-order valence-electron chi connectivity index (χ2n) is 3.15. The van der Waals surface area contributed by atoms with Gasteiger partial charge in [-0.15, -0.1) is 0 Å². The highest BCUT2D eigenvalue weighted by Crippen LogP contribution is 2.25. The zero-order valence-corrected chi connectivity index (χ0v) is 8.15. The molecule has 74 valence electrons. The fraction of sp³-hybridized carbons (Fsp3) is 0. The summed E-state index contributed by atoms with van der Waals surface area (Å²) in [5.74, 6) is -0.230. The van der Waals surface area contributed by atoms with E-state index >= 15 is 0 Å². The molecule has 0 N–H and O–H groups in total. The molecule has 15 heavy (non-hydrogen) atoms. The van der Waals surface area contributed by atoms with Crippen LogP contribution in [0.3, 0.4) is 0 Å². The molecule has 0 spiro atoms. The lowest BCUT2D eigenvalue weighted by Gasteiger charge is -2.06. The molecule has 2 rings (SSSR count). The van der Waals surface area contributed by atoms with Gasteiger partial charge < -0.3 is 0 Å². The van der Waals surface area contributed by atoms with Crippen molar-refractivity contribution in [1.29, 1.82) is 0 Å². The predicted octanol–water partition coefficient (Wildman–Crippen LogP) is 3.53. The Bertz CT molecular complexity index is 491. The monoisotopic (exact) mass is 199 g/mol. The van der Waals surface area contributed by atoms with E-state index in [9.17, 15) is 4.39 Å². The SMILES string of the molecule is C=Cc1cnccc1-c1ccccc1F. The van der Waals surface area contributed by atoms with E-state index in [1.54, 1.807) is 36.7 Å². The Hall–Kier alpha value is -1.96. The van der Waals surface area contributed by atoms with Crippen LogP contribution in [-0.4, -0.2) is 4.98 Å². The van der Waals surface area contributed by atoms with Gasteiger partial charge in [0.25, 0.3) is 0 Å². The van der Waals surface area contributed by atoms with Crippen LogP contribution in [0.2, 0.25) is 0 Å². The van der Waals surface area contributed by atoms with E-state index in [1.165, 1.54) is 6.07 Å². The molecule has 0 amide bonds. The van der Waals surface area contributed by atoms with Gasteiger partial charge in [0.1, 0.15) is 5.82 Å². The molecule has 2 heteroatoms. The number of aromatic nitrogens is 1. The smallest absolute Gasteiger partial charge is 0.131 e. The van der Waals surface area contributed by atoms with Crippen molar-refractivity contribution in [2.45, 2.75) is 0 Å². The van der Waals surface area contributed by atoms with Gasteiger partial charge >= 0.3 is 0 Å². The molecular formula is C13H10FN. The molecule has 1 heterocycles. The van der Waals surface area contributed by atoms with Gasteiger partial charge in [-0.3, -0.25) is 4.98 Å². The topological polar surface area (TPSA) is 12.9 Å². The first kappa shape index (κ1) is 9.59. The molecule has 1 aromatic heterocycles. The molecule has 0 aliphatic heterocycles. The molecule has 2 aromatic rings. The molecule has 0 atom stereocenters. The molecular weight excluding hydrogens is 189 g/mol. The molecule has 0 aliphatic carbocycles. The standard InChI is InChI=1S/C13H10FN/c1-2-10-9-15-8-7-11(10)12-5-3-4-6-13(12)14/h2-9H,1H2. The number of nitrogens with zero attached hydrogens (tertiary/aromatic N) is 1. The van der Waals surface area contributed by atoms with Gasteiger partial charge in [0, 0.05) is 23.5 Å². The third kappa shape index (κ3) is 1.79. The lowest BCUT2D eigenvalue weighted by atomic mass is 10.0. The van der Waals surface area contributed by atoms with Crippen LogP contribution in [0.1, 0.15) is 5.56 Å². The lowest BCUT2D eigenvalue weighted by molar-refractivity contribution is 0.631. The van der Waals surface area contributed by atoms with Crippen LogP contribution in [0.4, 0.5) is 4.39 Å². The normalized spacial score (nSPS) is 9.93. The summed E-state index contributed by atoms with van der Waals surface area (Å²) in [5.41, 5.74) is 2.23. The number of rotatable bonds is 2. The Morgan fingerprint density at radius 3 is 2.67 bits per heavy atom. The van der Waals surface area contributed by atoms with Crippen LogP contribution in [0.5, 0.6) is 0 Å². The minimum Gasteiger partial charge on any atom is -0.264 e. The Kier molecular flexibility index (Phi) is 2.59. The average Bonchev–Trinajstić information content (AvgIpc) is 2.30. The summed E-state index contributed by atoms with van der Waals surface area (Å²) in [7, 11) is 0. The molecule has 0 bridgehead atoms. The maximum absolute atomic E-state index is 13.5. The van der Waals surface area contributed by atoms with Crippen LogP contribution >= 0.6 is 0 Å². The first-order valence-electron chi connectivity index (χ1n) is 4.64. The Labute approximate surface area is 87.9 Å². The predicted molar refractivity (Wildman–Crippen MR) is 59.7 cm³/mol. The largest absolute Gasteiger partial charge is 0.264 e. The Morgan fingerprint density at radius 2 is 1.93 bits per heavy atom. The summed E-state index contributed by atoms with van der Waals surface area (Å²) in [6.45, 7) is 3.68. The van der Waals surface area contributed by atoms with Crippen LogP contribution in [0.15, 0.2) is 49.3 Å². The molecule has 0 fully saturated rings. The third-order valence-corrected chi connectivity index (χ3v) is 2.24. The summed E-state index contributed by atoms with van der Waals surface area (Å²) in [6, 6.07) is 8.47. The van der Waals surface area contributed by atoms with Crippen molar-refractivity contribution >= 4 is 6.08 Å². The fourth-order valence-corrected chi connectivity index (χ4v) is 1.49. The Morgan fingerprint density at radius 1 is 1.13 bits per heavy atom. The van der Waals surface area contributed by atoms with Gasteiger partial charge in [-0.05, 0) is 17.7 Å². The molecule has 0 saturated heterocycles. The Balaban J connectivity index is 2.64. The molecule has 1 nitrogen and oxygen atoms in total. The zero-order valence-electron chi connectivity index (χ0n) is 8.15. The van der Waals surface area contributed by atoms with Crippen molar-refractivity contribution in [3.8, 4) is 11.1 Å². The van der Waals surface area contributed by atoms with E-state index in [0.29, 0.717) is 5.56 Å². The summed E-state index contributed by atoms with van der Waals surface area (Å²) in [4.78, 5) is 3.98. The van der Waals surface area contributed by atoms with Crippen LogP contribution in [0.25, 0.3) is 17.2 Å². The molecule has 0 saturated carbocycles. The first-order chi connectivity index (χ1) is 7.33. The van der Waals surface area contributed by atoms with Gasteiger partial charge in [0.15, 0.2) is 0 Å². The van der Waals surface area contributed by atoms with Gasteiger partial charge in [-0.2, -0.15) is 0 Å². The van der Waals surface area contributed by atoms with E-state index in [1.807, 2.05) is 6.07 Å². The minimum absolute atomic E-state index is 0.230. The molecule has 1 aromatic carbocycles. The summed E-state index contributed by atoms with van der Waals surface area (Å²) < 4.78 is 13.5. The first-order valence-corrected chi connectivity index (χ1v) is 4.64. The maximum Gasteiger partial charge on any atom is 0.131 e. The van der Waals surface area contributed by atoms with E-state index in [0.717, 1.165) is 11.1 Å². The van der Waals surface area contributed by atoms with Crippen molar-refractivity contribution < 1.29 is 4.39 Å². The molecule has 0 unspecified atom stereocenters. The van der Waals surface area contributed by atoms with Gasteiger partial charge in [0.2, 0.25) is 0 Å². The van der Waals surface area contributed by atoms with Crippen molar-refractivity contribution in [2.24, 2.45) is 0 Å². The highest BCUT2D eigenvalue weighted by atomic mass is 19.1. The van der Waals surface area contributed by atoms with Crippen LogP contribution in [-0.2, 0) is 0 Å². The second-order valence-corrected chi connectivity index (χ2v) is 3.15. The van der Waals surface area contributed by atoms with E-state index in [2.05, 4.69) is 11.6 Å². The highest BCUT2D eigenvalue weighted by Gasteiger charge is 2.06. The van der Waals surface area contributed by atoms with Crippen LogP contribution in [0, 0.1) is 5.82 Å². The minimum atomic E-state index is -0.230. The van der Waals surface area contributed by atoms with Crippen molar-refractivity contribution in [3.63, 3.8) is 0 Å². The number of benzene rings is 1. The third-order valence-electron chi connectivity index (χ3n) is 2.24. The lowest BCUT2D eigenvalue weighted by Crippen LogP contribution is -1.87. The number of pyridine rings is 1. The van der Waals surface area contributed by atoms with Crippen molar-refractivity contribution in [1.82, 2.24) is 4.98 Å². The second kappa shape index (κ2) is 4.05. The molecule has 0 radical (unpaired) electrons. The number of hydrogen-bond acceptors (Lipinski definition) is 1. The van der Waals surface area contributed by atoms with E-state index in [4.69, 9.17) is 0 Å².